The molecule has 0 saturated carbocycles. The Bertz CT molecular complexity index is 3700. The van der Waals surface area contributed by atoms with Crippen molar-refractivity contribution in [1.82, 2.24) is 9.97 Å². The van der Waals surface area contributed by atoms with Crippen molar-refractivity contribution in [1.29, 1.82) is 0 Å². The molecule has 402 valence electrons. The van der Waals surface area contributed by atoms with Gasteiger partial charge in [-0.05, 0) is 161 Å². The van der Waals surface area contributed by atoms with Crippen molar-refractivity contribution in [3.63, 3.8) is 0 Å². The fourth-order valence-electron chi connectivity index (χ4n) is 6.44. The molecular weight excluding hydrogens is 1120 g/mol. The maximum Gasteiger partial charge on any atom is 0.328 e. The summed E-state index contributed by atoms with van der Waals surface area (Å²) in [5.74, 6) is -2.74. The number of nitro benzene ring substituents is 1. The molecular formula is C54H44Cl5N7O12. The third-order valence-corrected chi connectivity index (χ3v) is 11.6. The Morgan fingerprint density at radius 1 is 0.590 bits per heavy atom. The lowest BCUT2D eigenvalue weighted by Gasteiger charge is -2.04. The van der Waals surface area contributed by atoms with Crippen LogP contribution in [0.5, 0.6) is 0 Å². The summed E-state index contributed by atoms with van der Waals surface area (Å²) in [6, 6.07) is 24.4. The topological polar surface area (TPSA) is 327 Å². The van der Waals surface area contributed by atoms with Crippen molar-refractivity contribution >= 4 is 144 Å². The minimum absolute atomic E-state index is 0.00295. The van der Waals surface area contributed by atoms with E-state index < -0.39 is 22.8 Å². The molecule has 0 spiro atoms. The zero-order valence-corrected chi connectivity index (χ0v) is 44.9. The Hall–Kier alpha value is -8.68. The number of fused-ring (bicyclic) bond motifs is 2. The lowest BCUT2D eigenvalue weighted by molar-refractivity contribution is -0.384. The van der Waals surface area contributed by atoms with E-state index >= 15 is 0 Å². The van der Waals surface area contributed by atoms with Gasteiger partial charge in [-0.1, -0.05) is 82.3 Å². The Morgan fingerprint density at radius 2 is 0.987 bits per heavy atom. The number of benzene rings is 5. The van der Waals surface area contributed by atoms with Gasteiger partial charge in [0.25, 0.3) is 16.8 Å². The quantitative estimate of drug-likeness (QED) is 0.0137. The molecule has 0 atom stereocenters. The molecule has 0 unspecified atom stereocenters. The van der Waals surface area contributed by atoms with E-state index in [4.69, 9.17) is 79.5 Å². The second-order valence-corrected chi connectivity index (χ2v) is 18.2. The number of carbonyl (C=O) groups is 6. The van der Waals surface area contributed by atoms with Crippen molar-refractivity contribution in [2.45, 2.75) is 40.0 Å². The number of amides is 1. The number of azide groups is 1. The van der Waals surface area contributed by atoms with E-state index in [0.717, 1.165) is 34.6 Å². The normalized spacial score (nSPS) is 10.5. The van der Waals surface area contributed by atoms with E-state index in [-0.39, 0.29) is 52.0 Å². The number of aliphatic carboxylic acids is 2. The summed E-state index contributed by atoms with van der Waals surface area (Å²) in [6.07, 6.45) is 11.3. The highest BCUT2D eigenvalue weighted by molar-refractivity contribution is 6.34. The standard InChI is InChI=1S/C12H10ClN3O2.C12H10ClNO2.C12H11ClO3.C9H7ClN2O.C9H6ClNO4/c1-8(17)6-10-7-9(2-4-11(10)13)3-5-12(18)15-16-14;1-7(15)4-9-5-8-2-3-14-12(16)10(8)6-11(9)13;1-8(14)6-10-7-9(2-4-11(10)13)3-5-12(15)16;10-7-4-6-5(3-8(7)11)1-2-12-9(6)13;10-7-3-1-6(2-4-9(12)13)5-8(7)11(14)15/h2-5,7H,6H2,1H3;2-3,5-6H,4H2,1H3,(H,14,16);2-5,7H,6H2,1H3,(H,15,16);1-4H,11H2,(H,12,13);1-5H,(H,12,13)/b5-3+;;5-3+;;4-2+. The molecule has 24 heteroatoms. The number of rotatable bonds is 13. The summed E-state index contributed by atoms with van der Waals surface area (Å²) >= 11 is 29.2. The first kappa shape index (κ1) is 63.6. The molecule has 7 aromatic rings. The minimum Gasteiger partial charge on any atom is -0.478 e. The number of carboxylic acids is 2. The molecule has 0 bridgehead atoms. The number of hydrogen-bond donors (Lipinski definition) is 5. The van der Waals surface area contributed by atoms with Crippen molar-refractivity contribution < 1.29 is 43.9 Å². The number of nitrogens with zero attached hydrogens (tertiary/aromatic N) is 4. The van der Waals surface area contributed by atoms with Gasteiger partial charge in [0.2, 0.25) is 5.91 Å². The van der Waals surface area contributed by atoms with Crippen LogP contribution in [0.1, 0.15) is 54.2 Å². The van der Waals surface area contributed by atoms with Crippen LogP contribution in [0.3, 0.4) is 0 Å². The Morgan fingerprint density at radius 3 is 1.41 bits per heavy atom. The lowest BCUT2D eigenvalue weighted by Crippen LogP contribution is -2.05. The fourth-order valence-corrected chi connectivity index (χ4v) is 7.39. The third-order valence-electron chi connectivity index (χ3n) is 9.85. The van der Waals surface area contributed by atoms with Crippen LogP contribution < -0.4 is 16.9 Å². The van der Waals surface area contributed by atoms with Crippen LogP contribution in [-0.2, 0) is 48.0 Å². The van der Waals surface area contributed by atoms with Gasteiger partial charge in [0.1, 0.15) is 22.4 Å². The number of pyridine rings is 2. The van der Waals surface area contributed by atoms with Crippen molar-refractivity contribution in [2.75, 3.05) is 5.73 Å². The number of carbonyl (C=O) groups excluding carboxylic acids is 4. The Kier molecular flexibility index (Phi) is 25.6. The maximum absolute atomic E-state index is 11.5. The highest BCUT2D eigenvalue weighted by Gasteiger charge is 2.12. The van der Waals surface area contributed by atoms with Crippen LogP contribution in [0.2, 0.25) is 25.1 Å². The van der Waals surface area contributed by atoms with Gasteiger partial charge in [-0.25, -0.2) is 9.59 Å². The Balaban J connectivity index is 0.000000257. The lowest BCUT2D eigenvalue weighted by atomic mass is 10.0. The van der Waals surface area contributed by atoms with Gasteiger partial charge in [0.05, 0.1) is 15.6 Å². The molecule has 2 heterocycles. The fraction of sp³-hybridized carbons (Fsp3) is 0.111. The first-order valence-electron chi connectivity index (χ1n) is 22.2. The second kappa shape index (κ2) is 31.4. The molecule has 0 aliphatic heterocycles. The molecule has 0 radical (unpaired) electrons. The third kappa shape index (κ3) is 21.9. The number of nitrogens with two attached hydrogens (primary N) is 1. The molecule has 0 aliphatic carbocycles. The number of nitro groups is 1. The maximum atomic E-state index is 11.5. The second-order valence-electron chi connectivity index (χ2n) is 16.1. The highest BCUT2D eigenvalue weighted by atomic mass is 35.5. The molecule has 6 N–H and O–H groups in total. The molecule has 19 nitrogen and oxygen atoms in total. The van der Waals surface area contributed by atoms with Crippen LogP contribution in [0, 0.1) is 10.1 Å². The van der Waals surface area contributed by atoms with Gasteiger partial charge in [-0.15, -0.1) is 0 Å². The van der Waals surface area contributed by atoms with Gasteiger partial charge in [0, 0.05) is 80.6 Å². The van der Waals surface area contributed by atoms with Crippen molar-refractivity contribution in [3.8, 4) is 0 Å². The number of halogens is 5. The number of aromatic nitrogens is 2. The van der Waals surface area contributed by atoms with E-state index in [2.05, 4.69) is 20.0 Å². The molecule has 0 fully saturated rings. The highest BCUT2D eigenvalue weighted by Crippen LogP contribution is 2.27. The predicted molar refractivity (Wildman–Crippen MR) is 304 cm³/mol. The van der Waals surface area contributed by atoms with E-state index in [0.29, 0.717) is 70.8 Å². The van der Waals surface area contributed by atoms with Crippen molar-refractivity contribution in [3.05, 3.63) is 221 Å². The summed E-state index contributed by atoms with van der Waals surface area (Å²) < 4.78 is 0. The van der Waals surface area contributed by atoms with Crippen molar-refractivity contribution in [2.24, 2.45) is 5.11 Å². The smallest absolute Gasteiger partial charge is 0.328 e. The van der Waals surface area contributed by atoms with Crippen LogP contribution in [0.15, 0.2) is 136 Å². The SMILES string of the molecule is CC(=O)Cc1cc(/C=C/C(=O)N=[N+]=[N-])ccc1Cl.CC(=O)Cc1cc(/C=C/C(=O)O)ccc1Cl.CC(=O)Cc1cc2cc[nH]c(=O)c2cc1Cl.Nc1cc2cc[nH]c(=O)c2cc1Cl.O=C(O)/C=C/c1ccc(Cl)c([N+](=O)[O-])c1. The predicted octanol–water partition coefficient (Wildman–Crippen LogP) is 12.3. The van der Waals surface area contributed by atoms with Gasteiger partial charge >= 0.3 is 11.9 Å². The average molecular weight is 1160 g/mol. The van der Waals surface area contributed by atoms with Gasteiger partial charge in [0.15, 0.2) is 0 Å². The first-order chi connectivity index (χ1) is 36.8. The van der Waals surface area contributed by atoms with Crippen LogP contribution in [-0.4, -0.2) is 60.3 Å². The van der Waals surface area contributed by atoms with Gasteiger partial charge in [-0.2, -0.15) is 0 Å². The van der Waals surface area contributed by atoms with Gasteiger partial charge < -0.3 is 25.9 Å². The van der Waals surface area contributed by atoms with E-state index in [1.165, 1.54) is 57.2 Å². The number of hydrogen-bond acceptors (Lipinski definition) is 11. The Labute approximate surface area is 468 Å². The molecule has 0 saturated heterocycles. The number of nitrogen functional groups attached to an aromatic ring is 1. The summed E-state index contributed by atoms with van der Waals surface area (Å²) in [4.78, 5) is 105. The monoisotopic (exact) mass is 1160 g/mol. The molecule has 7 rings (SSSR count). The summed E-state index contributed by atoms with van der Waals surface area (Å²) in [5, 5.41) is 34.8. The summed E-state index contributed by atoms with van der Waals surface area (Å²) in [7, 11) is 0. The number of carboxylic acid groups (broad SMARTS) is 2. The first-order valence-corrected chi connectivity index (χ1v) is 24.1. The van der Waals surface area contributed by atoms with Crippen LogP contribution in [0.25, 0.3) is 50.2 Å². The largest absolute Gasteiger partial charge is 0.478 e. The molecule has 2 aromatic heterocycles. The van der Waals surface area contributed by atoms with Crippen LogP contribution in [0.4, 0.5) is 11.4 Å². The number of nitrogens with one attached hydrogen (secondary N) is 2. The van der Waals surface area contributed by atoms with Crippen LogP contribution >= 0.6 is 58.0 Å². The molecule has 5 aromatic carbocycles. The van der Waals surface area contributed by atoms with Gasteiger partial charge in [-0.3, -0.25) is 38.9 Å². The summed E-state index contributed by atoms with van der Waals surface area (Å²) in [6.45, 7) is 4.47. The van der Waals surface area contributed by atoms with E-state index in [9.17, 15) is 48.5 Å². The zero-order chi connectivity index (χ0) is 58.2. The van der Waals surface area contributed by atoms with E-state index in [1.54, 1.807) is 85.2 Å². The zero-order valence-electron chi connectivity index (χ0n) is 41.1. The number of ketones is 3. The minimum atomic E-state index is -1.12. The molecule has 78 heavy (non-hydrogen) atoms. The number of H-pyrrole nitrogens is 2. The summed E-state index contributed by atoms with van der Waals surface area (Å²) in [5.41, 5.74) is 17.6. The molecule has 0 aliphatic rings. The van der Waals surface area contributed by atoms with E-state index in [1.807, 2.05) is 0 Å². The number of Topliss-reactive ketones (excluding diaryl/α,β-unsaturated/α-hetero) is 3. The average Bonchev–Trinajstić information content (AvgIpc) is 3.36. The number of anilines is 1. The molecule has 1 amide bonds. The number of aromatic amines is 2.